The van der Waals surface area contributed by atoms with Gasteiger partial charge in [-0.25, -0.2) is 9.97 Å². The summed E-state index contributed by atoms with van der Waals surface area (Å²) < 4.78 is 16.0. The average Bonchev–Trinajstić information content (AvgIpc) is 4.01. The molecule has 0 bridgehead atoms. The number of aromatic nitrogens is 3. The smallest absolute Gasteiger partial charge is 0.180 e. The second-order valence-corrected chi connectivity index (χ2v) is 15.7. The van der Waals surface area contributed by atoms with Crippen LogP contribution < -0.4 is 0 Å². The van der Waals surface area contributed by atoms with Gasteiger partial charge in [-0.05, 0) is 64.5 Å². The first-order chi connectivity index (χ1) is 30.2. The van der Waals surface area contributed by atoms with E-state index < -0.39 is 0 Å². The molecule has 0 aliphatic rings. The fourth-order valence-corrected chi connectivity index (χ4v) is 9.38. The fourth-order valence-electron chi connectivity index (χ4n) is 9.38. The van der Waals surface area contributed by atoms with Crippen molar-refractivity contribution in [3.8, 4) is 50.6 Å². The molecule has 4 heterocycles. The van der Waals surface area contributed by atoms with Crippen LogP contribution in [-0.2, 0) is 0 Å². The van der Waals surface area contributed by atoms with Crippen molar-refractivity contribution in [1.29, 1.82) is 0 Å². The summed E-state index contributed by atoms with van der Waals surface area (Å²) >= 11 is 0. The molecule has 4 aromatic heterocycles. The summed E-state index contributed by atoms with van der Waals surface area (Å²) in [5, 5.41) is 7.85. The van der Waals surface area contributed by atoms with Crippen LogP contribution in [0.25, 0.3) is 127 Å². The number of furan rings is 2. The van der Waals surface area contributed by atoms with Crippen molar-refractivity contribution in [1.82, 2.24) is 14.5 Å². The minimum absolute atomic E-state index is 0.652. The zero-order valence-electron chi connectivity index (χ0n) is 32.7. The van der Waals surface area contributed by atoms with E-state index in [9.17, 15) is 0 Å². The van der Waals surface area contributed by atoms with Gasteiger partial charge in [0, 0.05) is 43.6 Å². The lowest BCUT2D eigenvalue weighted by molar-refractivity contribution is 0.667. The third-order valence-electron chi connectivity index (χ3n) is 12.2. The number of hydrogen-bond donors (Lipinski definition) is 0. The van der Waals surface area contributed by atoms with Gasteiger partial charge < -0.3 is 13.4 Å². The molecular formula is C56H33N3O2. The highest BCUT2D eigenvalue weighted by Crippen LogP contribution is 2.45. The van der Waals surface area contributed by atoms with E-state index in [0.717, 1.165) is 77.6 Å². The summed E-state index contributed by atoms with van der Waals surface area (Å²) in [4.78, 5) is 10.3. The number of fused-ring (bicyclic) bond motifs is 11. The first-order valence-corrected chi connectivity index (χ1v) is 20.6. The zero-order valence-corrected chi connectivity index (χ0v) is 32.7. The van der Waals surface area contributed by atoms with E-state index in [4.69, 9.17) is 18.8 Å². The van der Waals surface area contributed by atoms with E-state index in [-0.39, 0.29) is 0 Å². The summed E-state index contributed by atoms with van der Waals surface area (Å²) in [5.74, 6) is 0.652. The molecule has 0 saturated heterocycles. The van der Waals surface area contributed by atoms with Crippen LogP contribution in [0, 0.1) is 0 Å². The number of benzene rings is 9. The quantitative estimate of drug-likeness (QED) is 0.175. The van der Waals surface area contributed by atoms with Gasteiger partial charge in [-0.2, -0.15) is 0 Å². The van der Waals surface area contributed by atoms with Gasteiger partial charge in [0.1, 0.15) is 28.0 Å². The average molecular weight is 780 g/mol. The summed E-state index contributed by atoms with van der Waals surface area (Å²) in [6.45, 7) is 0. The van der Waals surface area contributed by atoms with Gasteiger partial charge in [-0.1, -0.05) is 158 Å². The maximum absolute atomic E-state index is 6.94. The Morgan fingerprint density at radius 1 is 0.393 bits per heavy atom. The molecule has 0 N–H and O–H groups in total. The predicted octanol–water partition coefficient (Wildman–Crippen LogP) is 15.2. The number of para-hydroxylation sites is 1. The molecule has 0 amide bonds. The molecule has 61 heavy (non-hydrogen) atoms. The fraction of sp³-hybridized carbons (Fsp3) is 0. The lowest BCUT2D eigenvalue weighted by Gasteiger charge is -2.13. The van der Waals surface area contributed by atoms with Crippen LogP contribution >= 0.6 is 0 Å². The Bertz CT molecular complexity index is 3860. The van der Waals surface area contributed by atoms with Crippen LogP contribution in [0.15, 0.2) is 209 Å². The Labute approximate surface area is 349 Å². The summed E-state index contributed by atoms with van der Waals surface area (Å²) in [6, 6.07) is 70.3. The molecule has 0 spiro atoms. The van der Waals surface area contributed by atoms with E-state index in [1.54, 1.807) is 0 Å². The van der Waals surface area contributed by atoms with Crippen molar-refractivity contribution in [2.24, 2.45) is 0 Å². The standard InChI is InChI=1S/C56H33N3O2/c1-4-14-34(15-5-1)38-25-29-46-44(32-38)42-27-24-35-16-10-11-21-40(35)53(42)59(46)47-30-28-41(54-50(47)43-22-12-13-23-48(43)60-54)39-26-31-49-45(33-39)52-55(61-49)51(36-17-6-2-7-18-36)57-56(58-52)37-19-8-3-9-20-37/h1-33H. The molecule has 284 valence electrons. The third kappa shape index (κ3) is 5.14. The molecule has 0 fully saturated rings. The SMILES string of the molecule is c1ccc(-c2ccc3c(c2)c2ccc4ccccc4c2n3-c2ccc(-c3ccc4oc5c(-c6ccccc6)nc(-c6ccccc6)nc5c4c3)c3oc4ccccc4c23)cc1. The Morgan fingerprint density at radius 2 is 1.05 bits per heavy atom. The molecule has 5 nitrogen and oxygen atoms in total. The van der Waals surface area contributed by atoms with Crippen molar-refractivity contribution in [3.63, 3.8) is 0 Å². The van der Waals surface area contributed by atoms with Crippen LogP contribution in [0.3, 0.4) is 0 Å². The lowest BCUT2D eigenvalue weighted by atomic mass is 9.99. The van der Waals surface area contributed by atoms with E-state index in [1.165, 1.54) is 38.2 Å². The highest BCUT2D eigenvalue weighted by Gasteiger charge is 2.24. The van der Waals surface area contributed by atoms with Gasteiger partial charge in [0.25, 0.3) is 0 Å². The molecule has 0 aliphatic carbocycles. The largest absolute Gasteiger partial charge is 0.455 e. The van der Waals surface area contributed by atoms with Crippen LogP contribution in [0.4, 0.5) is 0 Å². The molecule has 0 aliphatic heterocycles. The predicted molar refractivity (Wildman–Crippen MR) is 250 cm³/mol. The number of nitrogens with zero attached hydrogens (tertiary/aromatic N) is 3. The van der Waals surface area contributed by atoms with Crippen molar-refractivity contribution in [3.05, 3.63) is 200 Å². The Hall–Kier alpha value is -8.28. The minimum atomic E-state index is 0.652. The molecule has 5 heteroatoms. The molecule has 0 unspecified atom stereocenters. The Morgan fingerprint density at radius 3 is 1.87 bits per heavy atom. The van der Waals surface area contributed by atoms with Gasteiger partial charge >= 0.3 is 0 Å². The molecule has 13 rings (SSSR count). The van der Waals surface area contributed by atoms with E-state index in [2.05, 4.69) is 150 Å². The molecule has 0 atom stereocenters. The van der Waals surface area contributed by atoms with Gasteiger partial charge in [-0.15, -0.1) is 0 Å². The molecule has 13 aromatic rings. The zero-order chi connectivity index (χ0) is 40.0. The van der Waals surface area contributed by atoms with Gasteiger partial charge in [0.05, 0.1) is 22.1 Å². The summed E-state index contributed by atoms with van der Waals surface area (Å²) in [6.07, 6.45) is 0. The minimum Gasteiger partial charge on any atom is -0.455 e. The van der Waals surface area contributed by atoms with Crippen LogP contribution in [0.5, 0.6) is 0 Å². The Balaban J connectivity index is 1.08. The molecule has 0 saturated carbocycles. The summed E-state index contributed by atoms with van der Waals surface area (Å²) in [7, 11) is 0. The lowest BCUT2D eigenvalue weighted by Crippen LogP contribution is -1.96. The molecular weight excluding hydrogens is 747 g/mol. The van der Waals surface area contributed by atoms with E-state index >= 15 is 0 Å². The molecule has 0 radical (unpaired) electrons. The van der Waals surface area contributed by atoms with E-state index in [1.807, 2.05) is 54.6 Å². The van der Waals surface area contributed by atoms with Gasteiger partial charge in [0.2, 0.25) is 0 Å². The van der Waals surface area contributed by atoms with E-state index in [0.29, 0.717) is 11.4 Å². The maximum atomic E-state index is 6.94. The highest BCUT2D eigenvalue weighted by molar-refractivity contribution is 6.22. The Kier molecular flexibility index (Phi) is 7.24. The van der Waals surface area contributed by atoms with Gasteiger partial charge in [0.15, 0.2) is 11.4 Å². The maximum Gasteiger partial charge on any atom is 0.180 e. The third-order valence-corrected chi connectivity index (χ3v) is 12.2. The molecule has 9 aromatic carbocycles. The number of rotatable bonds is 5. The second kappa shape index (κ2) is 13.1. The first kappa shape index (κ1) is 33.7. The van der Waals surface area contributed by atoms with Crippen LogP contribution in [-0.4, -0.2) is 14.5 Å². The van der Waals surface area contributed by atoms with Crippen molar-refractivity contribution in [2.45, 2.75) is 0 Å². The van der Waals surface area contributed by atoms with Crippen molar-refractivity contribution in [2.75, 3.05) is 0 Å². The van der Waals surface area contributed by atoms with Gasteiger partial charge in [-0.3, -0.25) is 0 Å². The number of hydrogen-bond acceptors (Lipinski definition) is 4. The second-order valence-electron chi connectivity index (χ2n) is 15.7. The van der Waals surface area contributed by atoms with Crippen LogP contribution in [0.2, 0.25) is 0 Å². The monoisotopic (exact) mass is 779 g/mol. The van der Waals surface area contributed by atoms with Crippen molar-refractivity contribution < 1.29 is 8.83 Å². The van der Waals surface area contributed by atoms with Crippen molar-refractivity contribution >= 4 is 76.6 Å². The summed E-state index contributed by atoms with van der Waals surface area (Å²) in [5.41, 5.74) is 14.3. The first-order valence-electron chi connectivity index (χ1n) is 20.6. The van der Waals surface area contributed by atoms with Crippen LogP contribution in [0.1, 0.15) is 0 Å². The topological polar surface area (TPSA) is 57.0 Å². The highest BCUT2D eigenvalue weighted by atomic mass is 16.3. The normalized spacial score (nSPS) is 11.9.